The summed E-state index contributed by atoms with van der Waals surface area (Å²) in [6.45, 7) is 5.59. The molecule has 1 aliphatic carbocycles. The molecule has 110 valence electrons. The van der Waals surface area contributed by atoms with Crippen molar-refractivity contribution < 1.29 is 0 Å². The van der Waals surface area contributed by atoms with Crippen LogP contribution < -0.4 is 10.6 Å². The lowest BCUT2D eigenvalue weighted by molar-refractivity contribution is 0.168. The molecule has 1 aliphatic heterocycles. The Bertz CT molecular complexity index is 446. The van der Waals surface area contributed by atoms with Gasteiger partial charge in [-0.15, -0.1) is 0 Å². The molecule has 2 aliphatic rings. The van der Waals surface area contributed by atoms with Crippen LogP contribution in [0.3, 0.4) is 0 Å². The molecule has 2 N–H and O–H groups in total. The third kappa shape index (κ3) is 2.71. The average molecular weight is 272 g/mol. The predicted molar refractivity (Wildman–Crippen MR) is 86.1 cm³/mol. The molecule has 0 radical (unpaired) electrons. The summed E-state index contributed by atoms with van der Waals surface area (Å²) in [7, 11) is 0. The normalized spacial score (nSPS) is 30.1. The van der Waals surface area contributed by atoms with E-state index in [-0.39, 0.29) is 0 Å². The Hall–Kier alpha value is -1.02. The van der Waals surface area contributed by atoms with Gasteiger partial charge in [-0.1, -0.05) is 38.0 Å². The van der Waals surface area contributed by atoms with E-state index in [9.17, 15) is 0 Å². The molecule has 0 unspecified atom stereocenters. The number of aryl methyl sites for hydroxylation is 1. The van der Waals surface area contributed by atoms with E-state index in [1.54, 1.807) is 0 Å². The molecule has 20 heavy (non-hydrogen) atoms. The first kappa shape index (κ1) is 13.9. The van der Waals surface area contributed by atoms with Crippen LogP contribution in [0.1, 0.15) is 44.6 Å². The maximum Gasteiger partial charge on any atom is 0.0398 e. The number of para-hydroxylation sites is 1. The lowest BCUT2D eigenvalue weighted by Crippen LogP contribution is -2.46. The highest BCUT2D eigenvalue weighted by Crippen LogP contribution is 2.40. The fourth-order valence-corrected chi connectivity index (χ4v) is 3.98. The zero-order valence-electron chi connectivity index (χ0n) is 12.8. The van der Waals surface area contributed by atoms with Crippen molar-refractivity contribution in [3.8, 4) is 0 Å². The maximum atomic E-state index is 6.19. The molecule has 0 spiro atoms. The van der Waals surface area contributed by atoms with E-state index in [1.807, 2.05) is 0 Å². The molecular formula is C18H28N2. The van der Waals surface area contributed by atoms with E-state index in [0.29, 0.717) is 5.41 Å². The lowest BCUT2D eigenvalue weighted by Gasteiger charge is -2.44. The number of hydrogen-bond acceptors (Lipinski definition) is 2. The molecule has 1 aromatic carbocycles. The molecule has 0 saturated heterocycles. The van der Waals surface area contributed by atoms with Gasteiger partial charge in [-0.25, -0.2) is 0 Å². The van der Waals surface area contributed by atoms with Crippen molar-refractivity contribution in [1.82, 2.24) is 0 Å². The van der Waals surface area contributed by atoms with Crippen LogP contribution in [0, 0.1) is 11.3 Å². The summed E-state index contributed by atoms with van der Waals surface area (Å²) in [4.78, 5) is 2.61. The zero-order chi connectivity index (χ0) is 14.0. The monoisotopic (exact) mass is 272 g/mol. The van der Waals surface area contributed by atoms with Crippen molar-refractivity contribution in [2.75, 3.05) is 24.5 Å². The highest BCUT2D eigenvalue weighted by Gasteiger charge is 2.35. The summed E-state index contributed by atoms with van der Waals surface area (Å²) >= 11 is 0. The second-order valence-corrected chi connectivity index (χ2v) is 7.04. The van der Waals surface area contributed by atoms with E-state index in [1.165, 1.54) is 56.3 Å². The van der Waals surface area contributed by atoms with Gasteiger partial charge in [0.15, 0.2) is 0 Å². The van der Waals surface area contributed by atoms with Crippen LogP contribution in [0.4, 0.5) is 5.69 Å². The van der Waals surface area contributed by atoms with Gasteiger partial charge in [-0.05, 0) is 49.8 Å². The zero-order valence-corrected chi connectivity index (χ0v) is 12.8. The van der Waals surface area contributed by atoms with Gasteiger partial charge in [-0.3, -0.25) is 0 Å². The largest absolute Gasteiger partial charge is 0.371 e. The van der Waals surface area contributed by atoms with Crippen molar-refractivity contribution in [3.63, 3.8) is 0 Å². The number of nitrogens with two attached hydrogens (primary N) is 1. The first-order valence-corrected chi connectivity index (χ1v) is 8.25. The van der Waals surface area contributed by atoms with Crippen molar-refractivity contribution in [2.24, 2.45) is 17.1 Å². The number of hydrogen-bond donors (Lipinski definition) is 1. The van der Waals surface area contributed by atoms with Crippen molar-refractivity contribution in [1.29, 1.82) is 0 Å². The van der Waals surface area contributed by atoms with Gasteiger partial charge >= 0.3 is 0 Å². The van der Waals surface area contributed by atoms with Crippen LogP contribution in [0.25, 0.3) is 0 Å². The van der Waals surface area contributed by atoms with E-state index in [0.717, 1.165) is 19.0 Å². The minimum atomic E-state index is 0.358. The lowest BCUT2D eigenvalue weighted by atomic mass is 9.70. The number of rotatable bonds is 3. The summed E-state index contributed by atoms with van der Waals surface area (Å²) in [6, 6.07) is 8.93. The van der Waals surface area contributed by atoms with Crippen LogP contribution in [-0.2, 0) is 6.42 Å². The van der Waals surface area contributed by atoms with Gasteiger partial charge in [0, 0.05) is 24.2 Å². The summed E-state index contributed by atoms with van der Waals surface area (Å²) in [5, 5.41) is 0. The Labute approximate surface area is 123 Å². The van der Waals surface area contributed by atoms with Gasteiger partial charge in [0.2, 0.25) is 0 Å². The van der Waals surface area contributed by atoms with Crippen molar-refractivity contribution in [3.05, 3.63) is 29.8 Å². The Morgan fingerprint density at radius 3 is 2.75 bits per heavy atom. The van der Waals surface area contributed by atoms with E-state index in [2.05, 4.69) is 36.1 Å². The molecule has 1 heterocycles. The topological polar surface area (TPSA) is 29.3 Å². The average Bonchev–Trinajstić information content (AvgIpc) is 2.50. The highest BCUT2D eigenvalue weighted by atomic mass is 15.1. The fourth-order valence-electron chi connectivity index (χ4n) is 3.98. The third-order valence-corrected chi connectivity index (χ3v) is 5.50. The van der Waals surface area contributed by atoms with Crippen LogP contribution in [0.5, 0.6) is 0 Å². The SMILES string of the molecule is CC1CCC(CN)(CN2CCCc3ccccc32)CC1. The molecule has 0 aromatic heterocycles. The smallest absolute Gasteiger partial charge is 0.0398 e. The molecule has 1 aromatic rings. The second kappa shape index (κ2) is 5.77. The van der Waals surface area contributed by atoms with Gasteiger partial charge in [0.25, 0.3) is 0 Å². The third-order valence-electron chi connectivity index (χ3n) is 5.50. The predicted octanol–water partition coefficient (Wildman–Crippen LogP) is 3.59. The minimum absolute atomic E-state index is 0.358. The van der Waals surface area contributed by atoms with Gasteiger partial charge in [0.05, 0.1) is 0 Å². The number of benzene rings is 1. The highest BCUT2D eigenvalue weighted by molar-refractivity contribution is 5.55. The molecule has 3 rings (SSSR count). The molecule has 0 bridgehead atoms. The number of fused-ring (bicyclic) bond motifs is 1. The molecule has 0 atom stereocenters. The molecule has 2 heteroatoms. The summed E-state index contributed by atoms with van der Waals surface area (Å²) in [5.41, 5.74) is 9.54. The van der Waals surface area contributed by atoms with E-state index >= 15 is 0 Å². The van der Waals surface area contributed by atoms with Crippen LogP contribution in [0.2, 0.25) is 0 Å². The summed E-state index contributed by atoms with van der Waals surface area (Å²) in [5.74, 6) is 0.892. The van der Waals surface area contributed by atoms with Crippen LogP contribution >= 0.6 is 0 Å². The quantitative estimate of drug-likeness (QED) is 0.911. The Kier molecular flexibility index (Phi) is 4.02. The maximum absolute atomic E-state index is 6.19. The molecule has 1 saturated carbocycles. The Balaban J connectivity index is 1.77. The number of nitrogens with zero attached hydrogens (tertiary/aromatic N) is 1. The second-order valence-electron chi connectivity index (χ2n) is 7.04. The first-order valence-electron chi connectivity index (χ1n) is 8.25. The Morgan fingerprint density at radius 2 is 2.00 bits per heavy atom. The van der Waals surface area contributed by atoms with Crippen LogP contribution in [-0.4, -0.2) is 19.6 Å². The van der Waals surface area contributed by atoms with E-state index in [4.69, 9.17) is 5.73 Å². The minimum Gasteiger partial charge on any atom is -0.371 e. The summed E-state index contributed by atoms with van der Waals surface area (Å²) in [6.07, 6.45) is 7.85. The van der Waals surface area contributed by atoms with Crippen molar-refractivity contribution >= 4 is 5.69 Å². The van der Waals surface area contributed by atoms with Crippen molar-refractivity contribution in [2.45, 2.75) is 45.4 Å². The molecule has 0 amide bonds. The van der Waals surface area contributed by atoms with Gasteiger partial charge in [-0.2, -0.15) is 0 Å². The first-order chi connectivity index (χ1) is 9.72. The molecular weight excluding hydrogens is 244 g/mol. The van der Waals surface area contributed by atoms with Crippen LogP contribution in [0.15, 0.2) is 24.3 Å². The van der Waals surface area contributed by atoms with E-state index < -0.39 is 0 Å². The standard InChI is InChI=1S/C18H28N2/c1-15-8-10-18(13-19,11-9-15)14-20-12-4-6-16-5-2-3-7-17(16)20/h2-3,5,7,15H,4,6,8-14,19H2,1H3. The molecule has 1 fully saturated rings. The van der Waals surface area contributed by atoms with Gasteiger partial charge < -0.3 is 10.6 Å². The van der Waals surface area contributed by atoms with Gasteiger partial charge in [0.1, 0.15) is 0 Å². The summed E-state index contributed by atoms with van der Waals surface area (Å²) < 4.78 is 0. The number of anilines is 1. The fraction of sp³-hybridized carbons (Fsp3) is 0.667. The molecule has 2 nitrogen and oxygen atoms in total. The Morgan fingerprint density at radius 1 is 1.25 bits per heavy atom.